The lowest BCUT2D eigenvalue weighted by Crippen LogP contribution is -2.41. The minimum Gasteiger partial charge on any atom is -0.345 e. The molecule has 1 aliphatic carbocycles. The van der Waals surface area contributed by atoms with E-state index in [0.29, 0.717) is 11.8 Å². The van der Waals surface area contributed by atoms with Crippen LogP contribution in [0, 0.1) is 5.92 Å². The predicted molar refractivity (Wildman–Crippen MR) is 70.7 cm³/mol. The molecule has 2 heterocycles. The number of amides is 1. The Morgan fingerprint density at radius 2 is 2.11 bits per heavy atom. The monoisotopic (exact) mass is 266 g/mol. The van der Waals surface area contributed by atoms with E-state index >= 15 is 0 Å². The number of carbonyl (C=O) groups is 1. The van der Waals surface area contributed by atoms with Crippen LogP contribution < -0.4 is 4.90 Å². The molecule has 0 spiro atoms. The van der Waals surface area contributed by atoms with Crippen LogP contribution in [0.3, 0.4) is 0 Å². The Morgan fingerprint density at radius 1 is 1.22 bits per heavy atom. The van der Waals surface area contributed by atoms with Crippen molar-refractivity contribution in [3.8, 4) is 0 Å². The van der Waals surface area contributed by atoms with Crippen molar-refractivity contribution in [1.29, 1.82) is 0 Å². The molecule has 5 nitrogen and oxygen atoms in total. The lowest BCUT2D eigenvalue weighted by atomic mass is 9.84. The summed E-state index contributed by atoms with van der Waals surface area (Å²) in [5, 5.41) is 8.96. The molecule has 6 heteroatoms. The first-order valence-electron chi connectivity index (χ1n) is 6.64. The SMILES string of the molecule is O=C(C1CCC1)N1CCCN(c2nncs2)CC1. The average Bonchev–Trinajstić information content (AvgIpc) is 2.71. The summed E-state index contributed by atoms with van der Waals surface area (Å²) >= 11 is 1.57. The van der Waals surface area contributed by atoms with E-state index in [2.05, 4.69) is 15.1 Å². The Kier molecular flexibility index (Phi) is 3.45. The molecular weight excluding hydrogens is 248 g/mol. The number of aromatic nitrogens is 2. The zero-order chi connectivity index (χ0) is 12.4. The lowest BCUT2D eigenvalue weighted by Gasteiger charge is -2.30. The van der Waals surface area contributed by atoms with Crippen LogP contribution in [0.5, 0.6) is 0 Å². The van der Waals surface area contributed by atoms with Crippen LogP contribution in [-0.4, -0.2) is 47.2 Å². The van der Waals surface area contributed by atoms with E-state index in [1.807, 2.05) is 4.90 Å². The van der Waals surface area contributed by atoms with Gasteiger partial charge in [-0.1, -0.05) is 17.8 Å². The molecule has 0 bridgehead atoms. The Bertz CT molecular complexity index is 404. The number of anilines is 1. The topological polar surface area (TPSA) is 49.3 Å². The fourth-order valence-electron chi connectivity index (χ4n) is 2.55. The van der Waals surface area contributed by atoms with Gasteiger partial charge in [-0.25, -0.2) is 0 Å². The van der Waals surface area contributed by atoms with Gasteiger partial charge in [0.1, 0.15) is 5.51 Å². The third-order valence-electron chi connectivity index (χ3n) is 3.88. The molecular formula is C12H18N4OS. The van der Waals surface area contributed by atoms with Crippen molar-refractivity contribution < 1.29 is 4.79 Å². The normalized spacial score (nSPS) is 21.6. The Balaban J connectivity index is 1.59. The van der Waals surface area contributed by atoms with Gasteiger partial charge in [0.05, 0.1) is 0 Å². The fourth-order valence-corrected chi connectivity index (χ4v) is 3.16. The summed E-state index contributed by atoms with van der Waals surface area (Å²) in [6.07, 6.45) is 4.43. The van der Waals surface area contributed by atoms with Gasteiger partial charge in [0.15, 0.2) is 0 Å². The molecule has 0 atom stereocenters. The zero-order valence-electron chi connectivity index (χ0n) is 10.4. The molecule has 3 rings (SSSR count). The molecule has 1 amide bonds. The number of carbonyl (C=O) groups excluding carboxylic acids is 1. The quantitative estimate of drug-likeness (QED) is 0.811. The maximum absolute atomic E-state index is 12.2. The molecule has 1 aromatic heterocycles. The van der Waals surface area contributed by atoms with E-state index in [1.54, 1.807) is 16.8 Å². The zero-order valence-corrected chi connectivity index (χ0v) is 11.2. The Morgan fingerprint density at radius 3 is 2.78 bits per heavy atom. The van der Waals surface area contributed by atoms with Crippen molar-refractivity contribution in [1.82, 2.24) is 15.1 Å². The summed E-state index contributed by atoms with van der Waals surface area (Å²) in [7, 11) is 0. The second-order valence-corrected chi connectivity index (χ2v) is 5.83. The van der Waals surface area contributed by atoms with Gasteiger partial charge in [0.25, 0.3) is 0 Å². The summed E-state index contributed by atoms with van der Waals surface area (Å²) in [6.45, 7) is 3.58. The Labute approximate surface area is 111 Å². The molecule has 2 aliphatic rings. The van der Waals surface area contributed by atoms with E-state index in [4.69, 9.17) is 0 Å². The second kappa shape index (κ2) is 5.22. The average molecular weight is 266 g/mol. The molecule has 0 aromatic carbocycles. The van der Waals surface area contributed by atoms with Crippen molar-refractivity contribution in [3.05, 3.63) is 5.51 Å². The van der Waals surface area contributed by atoms with Crippen LogP contribution in [-0.2, 0) is 4.79 Å². The van der Waals surface area contributed by atoms with Crippen LogP contribution in [0.15, 0.2) is 5.51 Å². The smallest absolute Gasteiger partial charge is 0.225 e. The van der Waals surface area contributed by atoms with Gasteiger partial charge in [-0.3, -0.25) is 4.79 Å². The van der Waals surface area contributed by atoms with Gasteiger partial charge in [0.2, 0.25) is 11.0 Å². The van der Waals surface area contributed by atoms with Crippen LogP contribution in [0.2, 0.25) is 0 Å². The molecule has 2 fully saturated rings. The first-order chi connectivity index (χ1) is 8.84. The van der Waals surface area contributed by atoms with E-state index in [1.165, 1.54) is 6.42 Å². The fraction of sp³-hybridized carbons (Fsp3) is 0.750. The standard InChI is InChI=1S/C12H18N4OS/c17-11(10-3-1-4-10)15-5-2-6-16(8-7-15)12-14-13-9-18-12/h9-10H,1-8H2. The minimum atomic E-state index is 0.318. The van der Waals surface area contributed by atoms with E-state index in [-0.39, 0.29) is 0 Å². The number of nitrogens with zero attached hydrogens (tertiary/aromatic N) is 4. The first-order valence-corrected chi connectivity index (χ1v) is 7.52. The van der Waals surface area contributed by atoms with Crippen molar-refractivity contribution in [2.75, 3.05) is 31.1 Å². The van der Waals surface area contributed by atoms with E-state index < -0.39 is 0 Å². The van der Waals surface area contributed by atoms with E-state index in [9.17, 15) is 4.79 Å². The molecule has 1 aromatic rings. The van der Waals surface area contributed by atoms with Crippen molar-refractivity contribution in [3.63, 3.8) is 0 Å². The first kappa shape index (κ1) is 11.9. The van der Waals surface area contributed by atoms with Crippen LogP contribution in [0.4, 0.5) is 5.13 Å². The minimum absolute atomic E-state index is 0.318. The highest BCUT2D eigenvalue weighted by Gasteiger charge is 2.30. The highest BCUT2D eigenvalue weighted by molar-refractivity contribution is 7.13. The van der Waals surface area contributed by atoms with Gasteiger partial charge in [-0.2, -0.15) is 0 Å². The number of hydrogen-bond donors (Lipinski definition) is 0. The van der Waals surface area contributed by atoms with Crippen LogP contribution >= 0.6 is 11.3 Å². The maximum atomic E-state index is 12.2. The summed E-state index contributed by atoms with van der Waals surface area (Å²) in [4.78, 5) is 16.5. The van der Waals surface area contributed by atoms with Crippen molar-refractivity contribution in [2.24, 2.45) is 5.92 Å². The summed E-state index contributed by atoms with van der Waals surface area (Å²) in [5.41, 5.74) is 1.76. The molecule has 0 unspecified atom stereocenters. The highest BCUT2D eigenvalue weighted by Crippen LogP contribution is 2.28. The third-order valence-corrected chi connectivity index (χ3v) is 4.63. The molecule has 0 N–H and O–H groups in total. The molecule has 98 valence electrons. The molecule has 1 saturated heterocycles. The number of rotatable bonds is 2. The van der Waals surface area contributed by atoms with Gasteiger partial charge in [0, 0.05) is 32.1 Å². The highest BCUT2D eigenvalue weighted by atomic mass is 32.1. The van der Waals surface area contributed by atoms with Crippen molar-refractivity contribution in [2.45, 2.75) is 25.7 Å². The predicted octanol–water partition coefficient (Wildman–Crippen LogP) is 1.38. The second-order valence-electron chi connectivity index (χ2n) is 5.02. The summed E-state index contributed by atoms with van der Waals surface area (Å²) in [5.74, 6) is 0.693. The van der Waals surface area contributed by atoms with Crippen LogP contribution in [0.1, 0.15) is 25.7 Å². The third kappa shape index (κ3) is 2.34. The summed E-state index contributed by atoms with van der Waals surface area (Å²) in [6, 6.07) is 0. The van der Waals surface area contributed by atoms with Gasteiger partial charge in [-0.15, -0.1) is 10.2 Å². The van der Waals surface area contributed by atoms with Gasteiger partial charge < -0.3 is 9.80 Å². The molecule has 1 saturated carbocycles. The maximum Gasteiger partial charge on any atom is 0.225 e. The largest absolute Gasteiger partial charge is 0.345 e. The Hall–Kier alpha value is -1.17. The molecule has 0 radical (unpaired) electrons. The van der Waals surface area contributed by atoms with Crippen molar-refractivity contribution >= 4 is 22.4 Å². The molecule has 1 aliphatic heterocycles. The summed E-state index contributed by atoms with van der Waals surface area (Å²) < 4.78 is 0. The van der Waals surface area contributed by atoms with E-state index in [0.717, 1.165) is 50.6 Å². The van der Waals surface area contributed by atoms with Gasteiger partial charge >= 0.3 is 0 Å². The molecule has 18 heavy (non-hydrogen) atoms. The van der Waals surface area contributed by atoms with Crippen LogP contribution in [0.25, 0.3) is 0 Å². The lowest BCUT2D eigenvalue weighted by molar-refractivity contribution is -0.137. The van der Waals surface area contributed by atoms with Gasteiger partial charge in [-0.05, 0) is 19.3 Å². The number of hydrogen-bond acceptors (Lipinski definition) is 5.